The number of nitrogens with zero attached hydrogens (tertiary/aromatic N) is 1. The summed E-state index contributed by atoms with van der Waals surface area (Å²) in [4.78, 5) is 3.65. The van der Waals surface area contributed by atoms with Gasteiger partial charge < -0.3 is 0 Å². The molecule has 1 rings (SSSR count). The molecule has 0 radical (unpaired) electrons. The fourth-order valence-electron chi connectivity index (χ4n) is 0.969. The van der Waals surface area contributed by atoms with Crippen LogP contribution in [0, 0.1) is 0 Å². The van der Waals surface area contributed by atoms with Gasteiger partial charge in [-0.05, 0) is 6.07 Å². The Morgan fingerprint density at radius 1 is 1.43 bits per heavy atom. The zero-order chi connectivity index (χ0) is 10.6. The molecule has 0 bridgehead atoms. The van der Waals surface area contributed by atoms with Crippen LogP contribution in [0.25, 0.3) is 6.08 Å². The maximum Gasteiger partial charge on any atom is 0.417 e. The summed E-state index contributed by atoms with van der Waals surface area (Å²) in [5, 5.41) is 0.513. The number of halogens is 4. The van der Waals surface area contributed by atoms with Crippen LogP contribution in [0.15, 0.2) is 24.5 Å². The molecular formula is C9H7BrF3N. The minimum Gasteiger partial charge on any atom is -0.264 e. The summed E-state index contributed by atoms with van der Waals surface area (Å²) < 4.78 is 37.2. The molecule has 0 spiro atoms. The SMILES string of the molecule is FC(F)(F)c1ccncc1C=CCBr. The highest BCUT2D eigenvalue weighted by molar-refractivity contribution is 9.09. The van der Waals surface area contributed by atoms with E-state index in [0.29, 0.717) is 5.33 Å². The first-order valence-electron chi connectivity index (χ1n) is 3.79. The number of rotatable bonds is 2. The summed E-state index contributed by atoms with van der Waals surface area (Å²) in [6, 6.07) is 0.966. The summed E-state index contributed by atoms with van der Waals surface area (Å²) in [5.41, 5.74) is -0.579. The molecular weight excluding hydrogens is 259 g/mol. The largest absolute Gasteiger partial charge is 0.417 e. The van der Waals surface area contributed by atoms with Crippen LogP contribution in [-0.2, 0) is 6.18 Å². The number of pyridine rings is 1. The van der Waals surface area contributed by atoms with Crippen LogP contribution in [0.1, 0.15) is 11.1 Å². The second-order valence-electron chi connectivity index (χ2n) is 2.52. The van der Waals surface area contributed by atoms with Crippen molar-refractivity contribution in [1.29, 1.82) is 0 Å². The van der Waals surface area contributed by atoms with Gasteiger partial charge in [0.05, 0.1) is 5.56 Å². The maximum atomic E-state index is 12.4. The molecule has 0 atom stereocenters. The van der Waals surface area contributed by atoms with E-state index >= 15 is 0 Å². The van der Waals surface area contributed by atoms with Gasteiger partial charge in [-0.2, -0.15) is 13.2 Å². The Bertz CT molecular complexity index is 333. The van der Waals surface area contributed by atoms with Crippen LogP contribution in [0.5, 0.6) is 0 Å². The Morgan fingerprint density at radius 2 is 2.14 bits per heavy atom. The summed E-state index contributed by atoms with van der Waals surface area (Å²) in [5.74, 6) is 0. The van der Waals surface area contributed by atoms with Gasteiger partial charge in [0.2, 0.25) is 0 Å². The van der Waals surface area contributed by atoms with Gasteiger partial charge in [0.1, 0.15) is 0 Å². The van der Waals surface area contributed by atoms with E-state index in [1.807, 2.05) is 0 Å². The lowest BCUT2D eigenvalue weighted by Crippen LogP contribution is -2.07. The molecule has 0 aliphatic rings. The minimum absolute atomic E-state index is 0.0828. The first-order chi connectivity index (χ1) is 6.55. The van der Waals surface area contributed by atoms with E-state index in [2.05, 4.69) is 20.9 Å². The molecule has 0 amide bonds. The third-order valence-electron chi connectivity index (χ3n) is 1.54. The molecule has 1 aromatic rings. The third-order valence-corrected chi connectivity index (χ3v) is 1.92. The number of hydrogen-bond acceptors (Lipinski definition) is 1. The van der Waals surface area contributed by atoms with Crippen molar-refractivity contribution in [2.45, 2.75) is 6.18 Å². The fraction of sp³-hybridized carbons (Fsp3) is 0.222. The van der Waals surface area contributed by atoms with Crippen LogP contribution in [0.4, 0.5) is 13.2 Å². The molecule has 0 fully saturated rings. The van der Waals surface area contributed by atoms with Crippen molar-refractivity contribution in [2.24, 2.45) is 0 Å². The van der Waals surface area contributed by atoms with E-state index in [4.69, 9.17) is 0 Å². The predicted octanol–water partition coefficient (Wildman–Crippen LogP) is 3.51. The Morgan fingerprint density at radius 3 is 2.71 bits per heavy atom. The van der Waals surface area contributed by atoms with Gasteiger partial charge in [0.25, 0.3) is 0 Å². The number of hydrogen-bond donors (Lipinski definition) is 0. The topological polar surface area (TPSA) is 12.9 Å². The van der Waals surface area contributed by atoms with Crippen molar-refractivity contribution in [2.75, 3.05) is 5.33 Å². The monoisotopic (exact) mass is 265 g/mol. The van der Waals surface area contributed by atoms with Gasteiger partial charge in [-0.3, -0.25) is 4.98 Å². The highest BCUT2D eigenvalue weighted by atomic mass is 79.9. The van der Waals surface area contributed by atoms with Crippen LogP contribution in [0.3, 0.4) is 0 Å². The van der Waals surface area contributed by atoms with E-state index in [9.17, 15) is 13.2 Å². The minimum atomic E-state index is -4.32. The quantitative estimate of drug-likeness (QED) is 0.746. The summed E-state index contributed by atoms with van der Waals surface area (Å²) >= 11 is 3.09. The van der Waals surface area contributed by atoms with E-state index in [1.54, 1.807) is 6.08 Å². The van der Waals surface area contributed by atoms with Crippen molar-refractivity contribution in [1.82, 2.24) is 4.98 Å². The molecule has 0 aliphatic heterocycles. The third kappa shape index (κ3) is 2.83. The molecule has 0 saturated heterocycles. The Kier molecular flexibility index (Phi) is 3.69. The lowest BCUT2D eigenvalue weighted by Gasteiger charge is -2.08. The number of allylic oxidation sites excluding steroid dienone is 1. The van der Waals surface area contributed by atoms with Gasteiger partial charge >= 0.3 is 6.18 Å². The molecule has 0 aliphatic carbocycles. The summed E-state index contributed by atoms with van der Waals surface area (Å²) in [6.07, 6.45) is 0.988. The molecule has 1 aromatic heterocycles. The van der Waals surface area contributed by atoms with E-state index in [1.165, 1.54) is 12.3 Å². The molecule has 14 heavy (non-hydrogen) atoms. The van der Waals surface area contributed by atoms with Crippen molar-refractivity contribution >= 4 is 22.0 Å². The Hall–Kier alpha value is -0.840. The van der Waals surface area contributed by atoms with E-state index in [0.717, 1.165) is 12.3 Å². The predicted molar refractivity (Wildman–Crippen MR) is 52.1 cm³/mol. The van der Waals surface area contributed by atoms with Gasteiger partial charge in [-0.15, -0.1) is 0 Å². The lowest BCUT2D eigenvalue weighted by molar-refractivity contribution is -0.137. The Labute approximate surface area is 87.8 Å². The first-order valence-corrected chi connectivity index (χ1v) is 4.91. The molecule has 1 nitrogen and oxygen atoms in total. The molecule has 0 aromatic carbocycles. The molecule has 76 valence electrons. The van der Waals surface area contributed by atoms with E-state index in [-0.39, 0.29) is 5.56 Å². The lowest BCUT2D eigenvalue weighted by atomic mass is 10.1. The smallest absolute Gasteiger partial charge is 0.264 e. The van der Waals surface area contributed by atoms with Gasteiger partial charge in [-0.1, -0.05) is 28.1 Å². The normalized spacial score (nSPS) is 12.3. The number of alkyl halides is 4. The van der Waals surface area contributed by atoms with Gasteiger partial charge in [0, 0.05) is 23.3 Å². The zero-order valence-electron chi connectivity index (χ0n) is 7.05. The van der Waals surface area contributed by atoms with Crippen molar-refractivity contribution < 1.29 is 13.2 Å². The number of aromatic nitrogens is 1. The zero-order valence-corrected chi connectivity index (χ0v) is 8.64. The first kappa shape index (κ1) is 11.2. The van der Waals surface area contributed by atoms with Crippen LogP contribution in [0.2, 0.25) is 0 Å². The average Bonchev–Trinajstić information content (AvgIpc) is 2.14. The second-order valence-corrected chi connectivity index (χ2v) is 3.16. The average molecular weight is 266 g/mol. The fourth-order valence-corrected chi connectivity index (χ4v) is 1.16. The highest BCUT2D eigenvalue weighted by Gasteiger charge is 2.32. The van der Waals surface area contributed by atoms with Crippen molar-refractivity contribution in [3.8, 4) is 0 Å². The van der Waals surface area contributed by atoms with Crippen LogP contribution in [-0.4, -0.2) is 10.3 Å². The van der Waals surface area contributed by atoms with E-state index < -0.39 is 11.7 Å². The molecule has 5 heteroatoms. The van der Waals surface area contributed by atoms with Crippen LogP contribution >= 0.6 is 15.9 Å². The molecule has 0 unspecified atom stereocenters. The van der Waals surface area contributed by atoms with Crippen molar-refractivity contribution in [3.05, 3.63) is 35.7 Å². The summed E-state index contributed by atoms with van der Waals surface area (Å²) in [7, 11) is 0. The van der Waals surface area contributed by atoms with Gasteiger partial charge in [0.15, 0.2) is 0 Å². The molecule has 0 N–H and O–H groups in total. The second kappa shape index (κ2) is 4.59. The van der Waals surface area contributed by atoms with Crippen molar-refractivity contribution in [3.63, 3.8) is 0 Å². The molecule has 1 heterocycles. The summed E-state index contributed by atoms with van der Waals surface area (Å²) in [6.45, 7) is 0. The maximum absolute atomic E-state index is 12.4. The molecule has 0 saturated carbocycles. The highest BCUT2D eigenvalue weighted by Crippen LogP contribution is 2.31. The Balaban J connectivity index is 3.10. The van der Waals surface area contributed by atoms with Crippen LogP contribution < -0.4 is 0 Å². The standard InChI is InChI=1S/C9H7BrF3N/c10-4-1-2-7-6-14-5-3-8(7)9(11,12)13/h1-3,5-6H,4H2. The van der Waals surface area contributed by atoms with Gasteiger partial charge in [-0.25, -0.2) is 0 Å².